The molecule has 0 saturated heterocycles. The number of benzene rings is 2. The second kappa shape index (κ2) is 9.38. The van der Waals surface area contributed by atoms with Gasteiger partial charge < -0.3 is 19.9 Å². The molecule has 2 aromatic carbocycles. The van der Waals surface area contributed by atoms with Gasteiger partial charge in [-0.1, -0.05) is 12.1 Å². The van der Waals surface area contributed by atoms with Crippen molar-refractivity contribution in [2.24, 2.45) is 0 Å². The van der Waals surface area contributed by atoms with E-state index in [4.69, 9.17) is 14.6 Å². The first-order chi connectivity index (χ1) is 12.5. The van der Waals surface area contributed by atoms with Crippen LogP contribution in [0.15, 0.2) is 42.5 Å². The van der Waals surface area contributed by atoms with Gasteiger partial charge in [0.05, 0.1) is 30.8 Å². The van der Waals surface area contributed by atoms with E-state index in [1.54, 1.807) is 7.11 Å². The summed E-state index contributed by atoms with van der Waals surface area (Å²) in [6, 6.07) is 11.2. The summed E-state index contributed by atoms with van der Waals surface area (Å²) in [6.07, 6.45) is 0.504. The summed E-state index contributed by atoms with van der Waals surface area (Å²) in [5.41, 5.74) is 1.19. The number of rotatable bonds is 9. The molecule has 0 aliphatic carbocycles. The molecule has 0 spiro atoms. The second-order valence-electron chi connectivity index (χ2n) is 5.37. The molecule has 0 atom stereocenters. The Hall–Kier alpha value is -3.13. The van der Waals surface area contributed by atoms with Gasteiger partial charge in [-0.05, 0) is 23.8 Å². The zero-order chi connectivity index (χ0) is 18.9. The Labute approximate surface area is 150 Å². The molecule has 0 unspecified atom stereocenters. The third kappa shape index (κ3) is 5.18. The Morgan fingerprint density at radius 2 is 1.96 bits per heavy atom. The van der Waals surface area contributed by atoms with Crippen molar-refractivity contribution in [3.8, 4) is 5.75 Å². The monoisotopic (exact) mass is 360 g/mol. The van der Waals surface area contributed by atoms with Crippen molar-refractivity contribution >= 4 is 17.3 Å². The van der Waals surface area contributed by atoms with Gasteiger partial charge in [-0.15, -0.1) is 0 Å². The smallest absolute Gasteiger partial charge is 0.340 e. The first kappa shape index (κ1) is 19.2. The summed E-state index contributed by atoms with van der Waals surface area (Å²) >= 11 is 0. The van der Waals surface area contributed by atoms with E-state index in [9.17, 15) is 14.9 Å². The van der Waals surface area contributed by atoms with Crippen LogP contribution in [-0.4, -0.2) is 42.9 Å². The Morgan fingerprint density at radius 1 is 1.23 bits per heavy atom. The first-order valence-corrected chi connectivity index (χ1v) is 7.98. The van der Waals surface area contributed by atoms with Crippen molar-refractivity contribution in [1.29, 1.82) is 0 Å². The number of non-ortho nitro benzene ring substituents is 1. The fourth-order valence-corrected chi connectivity index (χ4v) is 2.29. The third-order valence-corrected chi connectivity index (χ3v) is 3.64. The van der Waals surface area contributed by atoms with Gasteiger partial charge >= 0.3 is 5.97 Å². The number of hydrogen-bond donors (Lipinski definition) is 2. The molecule has 138 valence electrons. The molecular weight excluding hydrogens is 340 g/mol. The molecule has 0 aliphatic heterocycles. The third-order valence-electron chi connectivity index (χ3n) is 3.64. The molecule has 0 saturated carbocycles. The highest BCUT2D eigenvalue weighted by atomic mass is 16.6. The highest BCUT2D eigenvalue weighted by Crippen LogP contribution is 2.23. The molecule has 0 aromatic heterocycles. The van der Waals surface area contributed by atoms with Crippen LogP contribution < -0.4 is 10.1 Å². The molecule has 0 aliphatic rings. The van der Waals surface area contributed by atoms with Gasteiger partial charge in [0.2, 0.25) is 0 Å². The van der Waals surface area contributed by atoms with Gasteiger partial charge in [0.15, 0.2) is 0 Å². The summed E-state index contributed by atoms with van der Waals surface area (Å²) in [5, 5.41) is 22.7. The lowest BCUT2D eigenvalue weighted by molar-refractivity contribution is -0.384. The van der Waals surface area contributed by atoms with E-state index >= 15 is 0 Å². The van der Waals surface area contributed by atoms with Crippen LogP contribution in [-0.2, 0) is 11.2 Å². The summed E-state index contributed by atoms with van der Waals surface area (Å²) in [5.74, 6) is 0.0737. The molecule has 0 amide bonds. The fourth-order valence-electron chi connectivity index (χ4n) is 2.29. The number of carbonyl (C=O) groups excluding carboxylic acids is 1. The zero-order valence-electron chi connectivity index (χ0n) is 14.3. The van der Waals surface area contributed by atoms with Crippen LogP contribution in [0.1, 0.15) is 15.9 Å². The predicted octanol–water partition coefficient (Wildman–Crippen LogP) is 2.41. The van der Waals surface area contributed by atoms with Crippen molar-refractivity contribution in [1.82, 2.24) is 0 Å². The van der Waals surface area contributed by atoms with Crippen molar-refractivity contribution in [3.05, 3.63) is 63.7 Å². The van der Waals surface area contributed by atoms with Gasteiger partial charge in [0.25, 0.3) is 5.69 Å². The maximum Gasteiger partial charge on any atom is 0.340 e. The number of carbonyl (C=O) groups is 1. The Kier molecular flexibility index (Phi) is 6.92. The number of aliphatic hydroxyl groups excluding tert-OH is 1. The molecule has 8 heteroatoms. The van der Waals surface area contributed by atoms with E-state index in [0.29, 0.717) is 12.1 Å². The van der Waals surface area contributed by atoms with Crippen molar-refractivity contribution in [2.75, 3.05) is 32.2 Å². The number of nitro groups is 1. The number of anilines is 1. The summed E-state index contributed by atoms with van der Waals surface area (Å²) in [4.78, 5) is 22.7. The van der Waals surface area contributed by atoms with Crippen LogP contribution in [0, 0.1) is 10.1 Å². The van der Waals surface area contributed by atoms with E-state index in [1.165, 1.54) is 12.1 Å². The largest absolute Gasteiger partial charge is 0.497 e. The maximum atomic E-state index is 12.3. The molecule has 8 nitrogen and oxygen atoms in total. The number of ether oxygens (including phenoxy) is 2. The summed E-state index contributed by atoms with van der Waals surface area (Å²) in [7, 11) is 1.58. The topological polar surface area (TPSA) is 111 Å². The van der Waals surface area contributed by atoms with Crippen LogP contribution in [0.4, 0.5) is 11.4 Å². The predicted molar refractivity (Wildman–Crippen MR) is 95.7 cm³/mol. The SMILES string of the molecule is COc1ccc(CCOC(=O)c2cc([N+](=O)[O-])ccc2NCCO)cc1. The average Bonchev–Trinajstić information content (AvgIpc) is 2.66. The minimum atomic E-state index is -0.664. The first-order valence-electron chi connectivity index (χ1n) is 7.98. The normalized spacial score (nSPS) is 10.2. The quantitative estimate of drug-likeness (QED) is 0.401. The number of aliphatic hydroxyl groups is 1. The fraction of sp³-hybridized carbons (Fsp3) is 0.278. The van der Waals surface area contributed by atoms with Crippen LogP contribution in [0.5, 0.6) is 5.75 Å². The molecule has 26 heavy (non-hydrogen) atoms. The molecule has 0 heterocycles. The van der Waals surface area contributed by atoms with Crippen molar-refractivity contribution < 1.29 is 24.3 Å². The number of nitrogens with zero attached hydrogens (tertiary/aromatic N) is 1. The van der Waals surface area contributed by atoms with E-state index in [1.807, 2.05) is 24.3 Å². The average molecular weight is 360 g/mol. The lowest BCUT2D eigenvalue weighted by Crippen LogP contribution is -2.14. The van der Waals surface area contributed by atoms with E-state index in [0.717, 1.165) is 17.4 Å². The lowest BCUT2D eigenvalue weighted by Gasteiger charge is -2.11. The minimum absolute atomic E-state index is 0.0578. The number of nitrogens with one attached hydrogen (secondary N) is 1. The Morgan fingerprint density at radius 3 is 2.58 bits per heavy atom. The molecule has 0 fully saturated rings. The molecular formula is C18H20N2O6. The molecule has 2 aromatic rings. The van der Waals surface area contributed by atoms with E-state index < -0.39 is 10.9 Å². The standard InChI is InChI=1S/C18H20N2O6/c1-25-15-5-2-13(3-6-15)8-11-26-18(22)16-12-14(20(23)24)4-7-17(16)19-9-10-21/h2-7,12,19,21H,8-11H2,1H3. The van der Waals surface area contributed by atoms with Gasteiger partial charge in [0, 0.05) is 30.8 Å². The summed E-state index contributed by atoms with van der Waals surface area (Å²) < 4.78 is 10.3. The lowest BCUT2D eigenvalue weighted by atomic mass is 10.1. The molecule has 0 bridgehead atoms. The van der Waals surface area contributed by atoms with E-state index in [-0.39, 0.29) is 31.0 Å². The number of nitro benzene ring substituents is 1. The molecule has 0 radical (unpaired) electrons. The van der Waals surface area contributed by atoms with Crippen LogP contribution in [0.25, 0.3) is 0 Å². The highest BCUT2D eigenvalue weighted by Gasteiger charge is 2.18. The minimum Gasteiger partial charge on any atom is -0.497 e. The Bertz CT molecular complexity index is 761. The van der Waals surface area contributed by atoms with Crippen LogP contribution >= 0.6 is 0 Å². The van der Waals surface area contributed by atoms with Gasteiger partial charge in [-0.2, -0.15) is 0 Å². The van der Waals surface area contributed by atoms with Gasteiger partial charge in [-0.25, -0.2) is 4.79 Å². The van der Waals surface area contributed by atoms with Crippen molar-refractivity contribution in [3.63, 3.8) is 0 Å². The van der Waals surface area contributed by atoms with E-state index in [2.05, 4.69) is 5.32 Å². The zero-order valence-corrected chi connectivity index (χ0v) is 14.3. The number of methoxy groups -OCH3 is 1. The van der Waals surface area contributed by atoms with Gasteiger partial charge in [-0.3, -0.25) is 10.1 Å². The van der Waals surface area contributed by atoms with Crippen LogP contribution in [0.3, 0.4) is 0 Å². The highest BCUT2D eigenvalue weighted by molar-refractivity contribution is 5.96. The molecule has 2 rings (SSSR count). The number of hydrogen-bond acceptors (Lipinski definition) is 7. The van der Waals surface area contributed by atoms with Gasteiger partial charge in [0.1, 0.15) is 5.75 Å². The number of esters is 1. The maximum absolute atomic E-state index is 12.3. The van der Waals surface area contributed by atoms with Crippen LogP contribution in [0.2, 0.25) is 0 Å². The molecule has 2 N–H and O–H groups in total. The van der Waals surface area contributed by atoms with Crippen molar-refractivity contribution in [2.45, 2.75) is 6.42 Å². The summed E-state index contributed by atoms with van der Waals surface area (Å²) in [6.45, 7) is 0.209. The Balaban J connectivity index is 2.03. The second-order valence-corrected chi connectivity index (χ2v) is 5.37.